The lowest BCUT2D eigenvalue weighted by molar-refractivity contribution is 0.0828. The third kappa shape index (κ3) is 5.05. The molecule has 1 saturated carbocycles. The molecule has 4 heterocycles. The fraction of sp³-hybridized carbons (Fsp3) is 0.375. The molecule has 2 aromatic carbocycles. The van der Waals surface area contributed by atoms with E-state index in [1.54, 1.807) is 12.5 Å². The summed E-state index contributed by atoms with van der Waals surface area (Å²) in [6.07, 6.45) is 10.2. The number of aromatic nitrogens is 5. The highest BCUT2D eigenvalue weighted by atomic mass is 19.1. The van der Waals surface area contributed by atoms with E-state index in [-0.39, 0.29) is 5.82 Å². The number of likely N-dealkylation sites (N-methyl/N-ethyl adjacent to an activating group) is 1. The molecule has 0 radical (unpaired) electrons. The van der Waals surface area contributed by atoms with Crippen molar-refractivity contribution in [2.75, 3.05) is 44.3 Å². The standard InChI is InChI=1S/C32H36FN9/c1-20-15-22(33)16-28-26(20)17-35-32(39-28)38-23-5-3-21(4-6-23)27-18-42(31-29(27)30(34)36-19-37-31)25-9-7-24(8-10-25)41-13-11-40(2)12-14-41/h3-6,15-19,24-25H,7-14H2,1-2H3,(H2,34,36,37)(H,35,38,39)/t24-,25+. The topological polar surface area (TPSA) is 101 Å². The zero-order valence-corrected chi connectivity index (χ0v) is 24.1. The summed E-state index contributed by atoms with van der Waals surface area (Å²) in [5.74, 6) is 0.607. The lowest BCUT2D eigenvalue weighted by Crippen LogP contribution is -2.49. The first-order valence-corrected chi connectivity index (χ1v) is 14.8. The van der Waals surface area contributed by atoms with E-state index in [1.807, 2.05) is 19.1 Å². The summed E-state index contributed by atoms with van der Waals surface area (Å²) < 4.78 is 16.3. The predicted molar refractivity (Wildman–Crippen MR) is 165 cm³/mol. The summed E-state index contributed by atoms with van der Waals surface area (Å²) >= 11 is 0. The van der Waals surface area contributed by atoms with Gasteiger partial charge in [-0.05, 0) is 69.0 Å². The molecule has 0 amide bonds. The van der Waals surface area contributed by atoms with E-state index in [0.29, 0.717) is 29.4 Å². The van der Waals surface area contributed by atoms with Gasteiger partial charge in [0.05, 0.1) is 10.9 Å². The second-order valence-corrected chi connectivity index (χ2v) is 11.8. The molecule has 9 nitrogen and oxygen atoms in total. The summed E-state index contributed by atoms with van der Waals surface area (Å²) in [6.45, 7) is 6.51. The fourth-order valence-electron chi connectivity index (χ4n) is 6.68. The Balaban J connectivity index is 1.12. The Bertz CT molecular complexity index is 1730. The first-order chi connectivity index (χ1) is 20.4. The van der Waals surface area contributed by atoms with E-state index >= 15 is 0 Å². The molecule has 0 unspecified atom stereocenters. The zero-order valence-electron chi connectivity index (χ0n) is 24.1. The minimum atomic E-state index is -0.306. The molecule has 0 spiro atoms. The lowest BCUT2D eigenvalue weighted by atomic mass is 9.89. The van der Waals surface area contributed by atoms with Crippen LogP contribution < -0.4 is 11.1 Å². The van der Waals surface area contributed by atoms with Crippen molar-refractivity contribution in [1.82, 2.24) is 34.3 Å². The van der Waals surface area contributed by atoms with Crippen molar-refractivity contribution < 1.29 is 4.39 Å². The molecule has 5 aromatic rings. The monoisotopic (exact) mass is 565 g/mol. The predicted octanol–water partition coefficient (Wildman–Crippen LogP) is 5.55. The van der Waals surface area contributed by atoms with Crippen LogP contribution in [0.3, 0.4) is 0 Å². The number of nitrogens with two attached hydrogens (primary N) is 1. The first kappa shape index (κ1) is 26.7. The highest BCUT2D eigenvalue weighted by Gasteiger charge is 2.30. The van der Waals surface area contributed by atoms with Crippen LogP contribution in [-0.2, 0) is 0 Å². The van der Waals surface area contributed by atoms with Gasteiger partial charge in [-0.15, -0.1) is 0 Å². The zero-order chi connectivity index (χ0) is 28.8. The van der Waals surface area contributed by atoms with Gasteiger partial charge in [0, 0.05) is 73.4 Å². The van der Waals surface area contributed by atoms with Crippen LogP contribution in [0.5, 0.6) is 0 Å². The minimum Gasteiger partial charge on any atom is -0.383 e. The summed E-state index contributed by atoms with van der Waals surface area (Å²) in [5.41, 5.74) is 11.6. The maximum atomic E-state index is 13.9. The van der Waals surface area contributed by atoms with E-state index in [1.165, 1.54) is 38.1 Å². The Morgan fingerprint density at radius 3 is 2.43 bits per heavy atom. The first-order valence-electron chi connectivity index (χ1n) is 14.8. The molecule has 1 aliphatic carbocycles. The highest BCUT2D eigenvalue weighted by molar-refractivity contribution is 6.00. The number of halogens is 1. The molecule has 0 bridgehead atoms. The molecule has 1 saturated heterocycles. The van der Waals surface area contributed by atoms with Crippen LogP contribution in [0.4, 0.5) is 21.8 Å². The van der Waals surface area contributed by atoms with Gasteiger partial charge in [0.25, 0.3) is 0 Å². The summed E-state index contributed by atoms with van der Waals surface area (Å²) in [7, 11) is 2.21. The average Bonchev–Trinajstić information content (AvgIpc) is 3.39. The molecule has 7 rings (SSSR count). The van der Waals surface area contributed by atoms with Crippen LogP contribution in [-0.4, -0.2) is 73.6 Å². The Kier molecular flexibility index (Phi) is 6.95. The van der Waals surface area contributed by atoms with Crippen molar-refractivity contribution in [2.24, 2.45) is 0 Å². The molecular weight excluding hydrogens is 529 g/mol. The van der Waals surface area contributed by atoms with Gasteiger partial charge in [0.15, 0.2) is 0 Å². The lowest BCUT2D eigenvalue weighted by Gasteiger charge is -2.41. The highest BCUT2D eigenvalue weighted by Crippen LogP contribution is 2.39. The number of benzene rings is 2. The van der Waals surface area contributed by atoms with Gasteiger partial charge in [-0.2, -0.15) is 0 Å². The molecule has 3 N–H and O–H groups in total. The Hall–Kier alpha value is -4.15. The fourth-order valence-corrected chi connectivity index (χ4v) is 6.68. The van der Waals surface area contributed by atoms with Gasteiger partial charge < -0.3 is 20.5 Å². The van der Waals surface area contributed by atoms with E-state index in [4.69, 9.17) is 10.7 Å². The molecular formula is C32H36FN9. The molecule has 3 aromatic heterocycles. The summed E-state index contributed by atoms with van der Waals surface area (Å²) in [5, 5.41) is 4.98. The molecule has 216 valence electrons. The van der Waals surface area contributed by atoms with Gasteiger partial charge in [0.1, 0.15) is 23.6 Å². The molecule has 10 heteroatoms. The largest absolute Gasteiger partial charge is 0.383 e. The van der Waals surface area contributed by atoms with Crippen molar-refractivity contribution in [1.29, 1.82) is 0 Å². The van der Waals surface area contributed by atoms with E-state index in [9.17, 15) is 4.39 Å². The number of nitrogens with zero attached hydrogens (tertiary/aromatic N) is 7. The van der Waals surface area contributed by atoms with Crippen LogP contribution in [0.25, 0.3) is 33.1 Å². The van der Waals surface area contributed by atoms with Crippen LogP contribution >= 0.6 is 0 Å². The number of nitrogens with one attached hydrogen (secondary N) is 1. The second kappa shape index (κ2) is 10.9. The molecule has 42 heavy (non-hydrogen) atoms. The van der Waals surface area contributed by atoms with Gasteiger partial charge in [-0.3, -0.25) is 4.90 Å². The maximum Gasteiger partial charge on any atom is 0.227 e. The molecule has 0 atom stereocenters. The van der Waals surface area contributed by atoms with Gasteiger partial charge >= 0.3 is 0 Å². The van der Waals surface area contributed by atoms with E-state index < -0.39 is 0 Å². The minimum absolute atomic E-state index is 0.306. The van der Waals surface area contributed by atoms with Crippen molar-refractivity contribution in [3.8, 4) is 11.1 Å². The van der Waals surface area contributed by atoms with Crippen LogP contribution in [0.2, 0.25) is 0 Å². The van der Waals surface area contributed by atoms with Gasteiger partial charge in [-0.1, -0.05) is 12.1 Å². The second-order valence-electron chi connectivity index (χ2n) is 11.8. The quantitative estimate of drug-likeness (QED) is 0.286. The summed E-state index contributed by atoms with van der Waals surface area (Å²) in [6, 6.07) is 12.1. The van der Waals surface area contributed by atoms with Crippen LogP contribution in [0.1, 0.15) is 37.3 Å². The SMILES string of the molecule is Cc1cc(F)cc2nc(Nc3ccc(-c4cn([C@H]5CC[C@@H](N6CCN(C)CC6)CC5)c5ncnc(N)c45)cc3)ncc12. The van der Waals surface area contributed by atoms with Crippen molar-refractivity contribution in [3.63, 3.8) is 0 Å². The van der Waals surface area contributed by atoms with Crippen molar-refractivity contribution >= 4 is 39.4 Å². The smallest absolute Gasteiger partial charge is 0.227 e. The van der Waals surface area contributed by atoms with Crippen LogP contribution in [0.15, 0.2) is 55.1 Å². The Morgan fingerprint density at radius 2 is 1.67 bits per heavy atom. The number of piperazine rings is 1. The molecule has 2 aliphatic rings. The average molecular weight is 566 g/mol. The Morgan fingerprint density at radius 1 is 0.929 bits per heavy atom. The maximum absolute atomic E-state index is 13.9. The van der Waals surface area contributed by atoms with Crippen molar-refractivity contribution in [2.45, 2.75) is 44.7 Å². The summed E-state index contributed by atoms with van der Waals surface area (Å²) in [4.78, 5) is 23.1. The Labute approximate surface area is 244 Å². The molecule has 2 fully saturated rings. The van der Waals surface area contributed by atoms with Crippen molar-refractivity contribution in [3.05, 3.63) is 66.5 Å². The number of nitrogen functional groups attached to an aromatic ring is 1. The number of hydrogen-bond acceptors (Lipinski definition) is 8. The number of hydrogen-bond donors (Lipinski definition) is 2. The van der Waals surface area contributed by atoms with E-state index in [0.717, 1.165) is 64.7 Å². The van der Waals surface area contributed by atoms with E-state index in [2.05, 4.69) is 60.0 Å². The number of rotatable bonds is 5. The third-order valence-electron chi connectivity index (χ3n) is 9.08. The normalized spacial score (nSPS) is 20.4. The number of anilines is 3. The van der Waals surface area contributed by atoms with Gasteiger partial charge in [-0.25, -0.2) is 24.3 Å². The van der Waals surface area contributed by atoms with Gasteiger partial charge in [0.2, 0.25) is 5.95 Å². The number of aryl methyl sites for hydroxylation is 1. The third-order valence-corrected chi connectivity index (χ3v) is 9.08. The number of fused-ring (bicyclic) bond motifs is 2. The molecule has 1 aliphatic heterocycles. The van der Waals surface area contributed by atoms with Crippen LogP contribution in [0, 0.1) is 12.7 Å².